The zero-order valence-corrected chi connectivity index (χ0v) is 8.22. The molecule has 12 heavy (non-hydrogen) atoms. The molecule has 3 nitrogen and oxygen atoms in total. The van der Waals surface area contributed by atoms with Gasteiger partial charge in [-0.2, -0.15) is 0 Å². The minimum atomic E-state index is -2.86. The number of aliphatic hydroxyl groups excluding tert-OH is 1. The summed E-state index contributed by atoms with van der Waals surface area (Å²) in [6, 6.07) is 8.43. The number of hydrogen-bond donors (Lipinski definition) is 2. The Morgan fingerprint density at radius 2 is 1.75 bits per heavy atom. The van der Waals surface area contributed by atoms with E-state index in [2.05, 4.69) is 0 Å². The molecule has 0 aliphatic rings. The molecule has 2 N–H and O–H groups in total. The van der Waals surface area contributed by atoms with Gasteiger partial charge < -0.3 is 10.00 Å². The molecular formula is C7H9FeO3P. The second kappa shape index (κ2) is 5.52. The van der Waals surface area contributed by atoms with Crippen LogP contribution in [0.25, 0.3) is 0 Å². The van der Waals surface area contributed by atoms with E-state index < -0.39 is 13.9 Å². The van der Waals surface area contributed by atoms with E-state index in [1.807, 2.05) is 0 Å². The molecule has 1 aromatic rings. The fourth-order valence-electron chi connectivity index (χ4n) is 0.778. The van der Waals surface area contributed by atoms with Gasteiger partial charge >= 0.3 is 0 Å². The van der Waals surface area contributed by atoms with E-state index in [9.17, 15) is 4.57 Å². The van der Waals surface area contributed by atoms with Gasteiger partial charge in [0.1, 0.15) is 0 Å². The van der Waals surface area contributed by atoms with Gasteiger partial charge in [0.2, 0.25) is 8.03 Å². The average molecular weight is 228 g/mol. The molecule has 0 saturated carbocycles. The first-order chi connectivity index (χ1) is 5.22. The average Bonchev–Trinajstić information content (AvgIpc) is 2.05. The van der Waals surface area contributed by atoms with E-state index >= 15 is 0 Å². The Balaban J connectivity index is 0.00000121. The predicted octanol–water partition coefficient (Wildman–Crippen LogP) is 1.14. The molecule has 68 valence electrons. The van der Waals surface area contributed by atoms with Crippen molar-refractivity contribution in [1.82, 2.24) is 0 Å². The van der Waals surface area contributed by atoms with Crippen molar-refractivity contribution in [3.05, 3.63) is 35.9 Å². The summed E-state index contributed by atoms with van der Waals surface area (Å²) in [5, 5.41) is 9.08. The van der Waals surface area contributed by atoms with Crippen LogP contribution in [0.2, 0.25) is 0 Å². The van der Waals surface area contributed by atoms with Crippen molar-refractivity contribution >= 4 is 8.03 Å². The van der Waals surface area contributed by atoms with Crippen LogP contribution in [0.4, 0.5) is 0 Å². The van der Waals surface area contributed by atoms with E-state index in [-0.39, 0.29) is 17.1 Å². The number of aliphatic hydroxyl groups is 1. The summed E-state index contributed by atoms with van der Waals surface area (Å²) in [5.74, 6) is -1.22. The maximum atomic E-state index is 10.4. The molecule has 0 bridgehead atoms. The van der Waals surface area contributed by atoms with Crippen molar-refractivity contribution in [2.24, 2.45) is 0 Å². The summed E-state index contributed by atoms with van der Waals surface area (Å²) in [7, 11) is -2.86. The third-order valence-corrected chi connectivity index (χ3v) is 2.15. The molecular weight excluding hydrogens is 219 g/mol. The predicted molar refractivity (Wildman–Crippen MR) is 42.6 cm³/mol. The maximum absolute atomic E-state index is 10.4. The van der Waals surface area contributed by atoms with Crippen LogP contribution in [0.1, 0.15) is 11.4 Å². The van der Waals surface area contributed by atoms with Gasteiger partial charge in [-0.25, -0.2) is 0 Å². The Morgan fingerprint density at radius 3 is 2.17 bits per heavy atom. The molecule has 5 heteroatoms. The van der Waals surface area contributed by atoms with E-state index in [1.165, 1.54) is 0 Å². The van der Waals surface area contributed by atoms with Crippen LogP contribution in [0.15, 0.2) is 30.3 Å². The van der Waals surface area contributed by atoms with Crippen LogP contribution in [-0.4, -0.2) is 10.00 Å². The Bertz CT molecular complexity index is 252. The molecule has 0 aliphatic carbocycles. The molecule has 0 radical (unpaired) electrons. The van der Waals surface area contributed by atoms with Crippen LogP contribution in [-0.2, 0) is 21.6 Å². The fourth-order valence-corrected chi connectivity index (χ4v) is 1.26. The number of rotatable bonds is 2. The molecule has 0 spiro atoms. The Hall–Kier alpha value is -0.111. The summed E-state index contributed by atoms with van der Waals surface area (Å²) in [4.78, 5) is 8.57. The van der Waals surface area contributed by atoms with Gasteiger partial charge in [-0.1, -0.05) is 30.3 Å². The van der Waals surface area contributed by atoms with Crippen molar-refractivity contribution < 1.29 is 31.6 Å². The van der Waals surface area contributed by atoms with Gasteiger partial charge in [0, 0.05) is 17.1 Å². The van der Waals surface area contributed by atoms with Crippen LogP contribution >= 0.6 is 8.03 Å². The third kappa shape index (κ3) is 3.10. The zero-order chi connectivity index (χ0) is 8.27. The van der Waals surface area contributed by atoms with Gasteiger partial charge in [0.15, 0.2) is 5.85 Å². The van der Waals surface area contributed by atoms with E-state index in [0.29, 0.717) is 5.56 Å². The van der Waals surface area contributed by atoms with Gasteiger partial charge in [-0.05, 0) is 5.56 Å². The second-order valence-corrected chi connectivity index (χ2v) is 3.37. The minimum absolute atomic E-state index is 0. The summed E-state index contributed by atoms with van der Waals surface area (Å²) < 4.78 is 10.4. The molecule has 0 heterocycles. The first-order valence-corrected chi connectivity index (χ1v) is 4.61. The summed E-state index contributed by atoms with van der Waals surface area (Å²) in [6.45, 7) is 0. The summed E-state index contributed by atoms with van der Waals surface area (Å²) in [6.07, 6.45) is 0. The normalized spacial score (nSPS) is 14.5. The van der Waals surface area contributed by atoms with Crippen LogP contribution < -0.4 is 0 Å². The number of benzene rings is 1. The fraction of sp³-hybridized carbons (Fsp3) is 0.143. The molecule has 2 atom stereocenters. The van der Waals surface area contributed by atoms with Crippen molar-refractivity contribution in [3.8, 4) is 0 Å². The molecule has 0 amide bonds. The first kappa shape index (κ1) is 11.9. The molecule has 0 aromatic heterocycles. The molecule has 2 unspecified atom stereocenters. The van der Waals surface area contributed by atoms with E-state index in [0.717, 1.165) is 0 Å². The van der Waals surface area contributed by atoms with Gasteiger partial charge in [0.25, 0.3) is 0 Å². The van der Waals surface area contributed by atoms with Gasteiger partial charge in [-0.3, -0.25) is 4.57 Å². The second-order valence-electron chi connectivity index (χ2n) is 2.15. The summed E-state index contributed by atoms with van der Waals surface area (Å²) in [5.41, 5.74) is 0.485. The van der Waals surface area contributed by atoms with E-state index in [1.54, 1.807) is 30.3 Å². The summed E-state index contributed by atoms with van der Waals surface area (Å²) >= 11 is 0. The van der Waals surface area contributed by atoms with Crippen LogP contribution in [0.3, 0.4) is 0 Å². The topological polar surface area (TPSA) is 57.5 Å². The quantitative estimate of drug-likeness (QED) is 0.589. The molecule has 1 rings (SSSR count). The van der Waals surface area contributed by atoms with Crippen molar-refractivity contribution in [3.63, 3.8) is 0 Å². The smallest absolute Gasteiger partial charge is 0.221 e. The largest absolute Gasteiger partial charge is 0.378 e. The van der Waals surface area contributed by atoms with Gasteiger partial charge in [-0.15, -0.1) is 0 Å². The maximum Gasteiger partial charge on any atom is 0.221 e. The molecule has 0 saturated heterocycles. The standard InChI is InChI=1S/C7H9O3P.Fe/c8-7(11(9)10)6-4-2-1-3-5-6;/h1-5,7-8,11H,(H,9,10);. The molecule has 1 aromatic carbocycles. The SMILES string of the molecule is O=[PH](O)C(O)c1ccccc1.[Fe]. The zero-order valence-electron chi connectivity index (χ0n) is 6.12. The van der Waals surface area contributed by atoms with E-state index in [4.69, 9.17) is 10.00 Å². The van der Waals surface area contributed by atoms with Crippen molar-refractivity contribution in [1.29, 1.82) is 0 Å². The third-order valence-electron chi connectivity index (χ3n) is 1.35. The van der Waals surface area contributed by atoms with Crippen LogP contribution in [0, 0.1) is 0 Å². The van der Waals surface area contributed by atoms with Crippen molar-refractivity contribution in [2.75, 3.05) is 0 Å². The van der Waals surface area contributed by atoms with Gasteiger partial charge in [0.05, 0.1) is 0 Å². The monoisotopic (exact) mass is 228 g/mol. The minimum Gasteiger partial charge on any atom is -0.378 e. The first-order valence-electron chi connectivity index (χ1n) is 3.17. The Morgan fingerprint density at radius 1 is 1.25 bits per heavy atom. The molecule has 0 aliphatic heterocycles. The van der Waals surface area contributed by atoms with Crippen molar-refractivity contribution in [2.45, 2.75) is 5.85 Å². The Kier molecular flexibility index (Phi) is 5.47. The molecule has 0 fully saturated rings. The number of hydrogen-bond acceptors (Lipinski definition) is 2. The van der Waals surface area contributed by atoms with Crippen LogP contribution in [0.5, 0.6) is 0 Å². The Labute approximate surface area is 81.8 Å².